The van der Waals surface area contributed by atoms with Gasteiger partial charge in [-0.25, -0.2) is 0 Å². The first-order chi connectivity index (χ1) is 7.43. The summed E-state index contributed by atoms with van der Waals surface area (Å²) < 4.78 is 5.74. The number of aromatic nitrogens is 1. The number of fused-ring (bicyclic) bond motifs is 2. The van der Waals surface area contributed by atoms with Gasteiger partial charge in [0.1, 0.15) is 11.4 Å². The van der Waals surface area contributed by atoms with Crippen LogP contribution in [0.25, 0.3) is 0 Å². The zero-order chi connectivity index (χ0) is 10.1. The molecular weight excluding hydrogens is 188 g/mol. The van der Waals surface area contributed by atoms with Gasteiger partial charge in [0.25, 0.3) is 0 Å². The van der Waals surface area contributed by atoms with Gasteiger partial charge in [-0.15, -0.1) is 0 Å². The molecule has 3 heteroatoms. The van der Waals surface area contributed by atoms with Crippen molar-refractivity contribution < 1.29 is 4.74 Å². The minimum Gasteiger partial charge on any atom is -0.454 e. The standard InChI is InChI=1S/C12H8N2O/c1-2-4-12-10(3-1)14-8-9-7-13-6-5-11(9)15-12/h1-8H. The lowest BCUT2D eigenvalue weighted by Crippen LogP contribution is -1.88. The molecule has 2 heterocycles. The van der Waals surface area contributed by atoms with Crippen molar-refractivity contribution in [1.82, 2.24) is 4.98 Å². The van der Waals surface area contributed by atoms with Crippen LogP contribution in [0, 0.1) is 0 Å². The molecule has 72 valence electrons. The predicted molar refractivity (Wildman–Crippen MR) is 58.0 cm³/mol. The summed E-state index contributed by atoms with van der Waals surface area (Å²) in [6.07, 6.45) is 5.22. The Balaban J connectivity index is 2.19. The van der Waals surface area contributed by atoms with Crippen molar-refractivity contribution >= 4 is 11.9 Å². The lowest BCUT2D eigenvalue weighted by Gasteiger charge is -2.06. The highest BCUT2D eigenvalue weighted by Crippen LogP contribution is 2.34. The Hall–Kier alpha value is -2.16. The van der Waals surface area contributed by atoms with Crippen LogP contribution in [0.3, 0.4) is 0 Å². The van der Waals surface area contributed by atoms with E-state index in [0.29, 0.717) is 0 Å². The highest BCUT2D eigenvalue weighted by molar-refractivity contribution is 5.87. The van der Waals surface area contributed by atoms with E-state index in [9.17, 15) is 0 Å². The van der Waals surface area contributed by atoms with Crippen LogP contribution in [-0.2, 0) is 0 Å². The van der Waals surface area contributed by atoms with E-state index in [-0.39, 0.29) is 0 Å². The van der Waals surface area contributed by atoms with Crippen molar-refractivity contribution in [2.75, 3.05) is 0 Å². The van der Waals surface area contributed by atoms with Gasteiger partial charge in [-0.05, 0) is 18.2 Å². The highest BCUT2D eigenvalue weighted by atomic mass is 16.5. The number of ether oxygens (including phenoxy) is 1. The van der Waals surface area contributed by atoms with Gasteiger partial charge in [-0.1, -0.05) is 12.1 Å². The molecule has 0 spiro atoms. The van der Waals surface area contributed by atoms with Crippen LogP contribution >= 0.6 is 0 Å². The van der Waals surface area contributed by atoms with Gasteiger partial charge in [-0.2, -0.15) is 0 Å². The summed E-state index contributed by atoms with van der Waals surface area (Å²) in [6, 6.07) is 9.53. The molecule has 2 aromatic rings. The average molecular weight is 196 g/mol. The Morgan fingerprint density at radius 1 is 1.00 bits per heavy atom. The van der Waals surface area contributed by atoms with E-state index in [4.69, 9.17) is 4.74 Å². The third kappa shape index (κ3) is 1.38. The van der Waals surface area contributed by atoms with Crippen molar-refractivity contribution in [3.8, 4) is 11.5 Å². The summed E-state index contributed by atoms with van der Waals surface area (Å²) in [6.45, 7) is 0. The molecule has 0 fully saturated rings. The predicted octanol–water partition coefficient (Wildman–Crippen LogP) is 2.94. The van der Waals surface area contributed by atoms with Gasteiger partial charge in [-0.3, -0.25) is 9.98 Å². The summed E-state index contributed by atoms with van der Waals surface area (Å²) in [4.78, 5) is 8.37. The van der Waals surface area contributed by atoms with Gasteiger partial charge in [0, 0.05) is 18.6 Å². The zero-order valence-electron chi connectivity index (χ0n) is 7.92. The summed E-state index contributed by atoms with van der Waals surface area (Å²) >= 11 is 0. The summed E-state index contributed by atoms with van der Waals surface area (Å²) in [7, 11) is 0. The summed E-state index contributed by atoms with van der Waals surface area (Å²) in [5.74, 6) is 1.57. The molecule has 3 nitrogen and oxygen atoms in total. The first-order valence-corrected chi connectivity index (χ1v) is 4.68. The second-order valence-electron chi connectivity index (χ2n) is 3.24. The van der Waals surface area contributed by atoms with Crippen LogP contribution in [0.15, 0.2) is 47.7 Å². The number of rotatable bonds is 0. The molecule has 0 saturated carbocycles. The normalized spacial score (nSPS) is 12.3. The van der Waals surface area contributed by atoms with Gasteiger partial charge >= 0.3 is 0 Å². The van der Waals surface area contributed by atoms with Gasteiger partial charge < -0.3 is 4.74 Å². The largest absolute Gasteiger partial charge is 0.454 e. The van der Waals surface area contributed by atoms with E-state index >= 15 is 0 Å². The Labute approximate surface area is 87.1 Å². The van der Waals surface area contributed by atoms with Crippen LogP contribution in [0.2, 0.25) is 0 Å². The molecule has 0 N–H and O–H groups in total. The van der Waals surface area contributed by atoms with Crippen molar-refractivity contribution in [3.63, 3.8) is 0 Å². The van der Waals surface area contributed by atoms with Crippen LogP contribution in [-0.4, -0.2) is 11.2 Å². The SMILES string of the molecule is C1=Nc2ccccc2Oc2ccncc21. The lowest BCUT2D eigenvalue weighted by molar-refractivity contribution is 0.484. The number of nitrogens with zero attached hydrogens (tertiary/aromatic N) is 2. The number of hydrogen-bond acceptors (Lipinski definition) is 3. The Kier molecular flexibility index (Phi) is 1.75. The fraction of sp³-hybridized carbons (Fsp3) is 0. The van der Waals surface area contributed by atoms with Crippen LogP contribution in [0.5, 0.6) is 11.5 Å². The minimum atomic E-state index is 0.777. The van der Waals surface area contributed by atoms with Crippen LogP contribution < -0.4 is 4.74 Å². The second-order valence-corrected chi connectivity index (χ2v) is 3.24. The Morgan fingerprint density at radius 2 is 1.93 bits per heavy atom. The molecule has 1 aliphatic rings. The Morgan fingerprint density at radius 3 is 2.93 bits per heavy atom. The van der Waals surface area contributed by atoms with Gasteiger partial charge in [0.15, 0.2) is 5.75 Å². The van der Waals surface area contributed by atoms with E-state index in [0.717, 1.165) is 22.7 Å². The van der Waals surface area contributed by atoms with E-state index in [1.807, 2.05) is 30.3 Å². The molecule has 3 rings (SSSR count). The fourth-order valence-corrected chi connectivity index (χ4v) is 1.49. The maximum Gasteiger partial charge on any atom is 0.153 e. The van der Waals surface area contributed by atoms with Gasteiger partial charge in [0.2, 0.25) is 0 Å². The summed E-state index contributed by atoms with van der Waals surface area (Å²) in [5, 5.41) is 0. The van der Waals surface area contributed by atoms with Crippen molar-refractivity contribution in [2.24, 2.45) is 4.99 Å². The van der Waals surface area contributed by atoms with Crippen molar-refractivity contribution in [2.45, 2.75) is 0 Å². The molecular formula is C12H8N2O. The minimum absolute atomic E-state index is 0.777. The van der Waals surface area contributed by atoms with E-state index in [1.165, 1.54) is 0 Å². The molecule has 0 bridgehead atoms. The number of aliphatic imine (C=N–C) groups is 1. The molecule has 0 saturated heterocycles. The van der Waals surface area contributed by atoms with Gasteiger partial charge in [0.05, 0.1) is 5.56 Å². The number of pyridine rings is 1. The van der Waals surface area contributed by atoms with E-state index in [2.05, 4.69) is 9.98 Å². The molecule has 1 aromatic heterocycles. The number of benzene rings is 1. The monoisotopic (exact) mass is 196 g/mol. The highest BCUT2D eigenvalue weighted by Gasteiger charge is 2.09. The van der Waals surface area contributed by atoms with E-state index < -0.39 is 0 Å². The number of para-hydroxylation sites is 2. The molecule has 15 heavy (non-hydrogen) atoms. The maximum absolute atomic E-state index is 5.74. The third-order valence-electron chi connectivity index (χ3n) is 2.24. The van der Waals surface area contributed by atoms with Crippen LogP contribution in [0.4, 0.5) is 5.69 Å². The zero-order valence-corrected chi connectivity index (χ0v) is 7.92. The smallest absolute Gasteiger partial charge is 0.153 e. The maximum atomic E-state index is 5.74. The number of hydrogen-bond donors (Lipinski definition) is 0. The second kappa shape index (κ2) is 3.20. The average Bonchev–Trinajstić information content (AvgIpc) is 2.48. The van der Waals surface area contributed by atoms with Crippen molar-refractivity contribution in [1.29, 1.82) is 0 Å². The first-order valence-electron chi connectivity index (χ1n) is 4.68. The Bertz CT molecular complexity index is 487. The van der Waals surface area contributed by atoms with Crippen LogP contribution in [0.1, 0.15) is 5.56 Å². The lowest BCUT2D eigenvalue weighted by atomic mass is 10.3. The topological polar surface area (TPSA) is 34.5 Å². The molecule has 0 amide bonds. The third-order valence-corrected chi connectivity index (χ3v) is 2.24. The first kappa shape index (κ1) is 8.17. The fourth-order valence-electron chi connectivity index (χ4n) is 1.49. The molecule has 0 atom stereocenters. The molecule has 0 aliphatic carbocycles. The molecule has 1 aliphatic heterocycles. The van der Waals surface area contributed by atoms with Crippen molar-refractivity contribution in [3.05, 3.63) is 48.3 Å². The quantitative estimate of drug-likeness (QED) is 0.554. The molecule has 0 unspecified atom stereocenters. The molecule has 1 aromatic carbocycles. The summed E-state index contributed by atoms with van der Waals surface area (Å²) in [5.41, 5.74) is 1.74. The molecule has 0 radical (unpaired) electrons. The van der Waals surface area contributed by atoms with E-state index in [1.54, 1.807) is 18.6 Å².